The van der Waals surface area contributed by atoms with Crippen molar-refractivity contribution in [3.05, 3.63) is 24.3 Å². The lowest BCUT2D eigenvalue weighted by molar-refractivity contribution is -0.105. The van der Waals surface area contributed by atoms with E-state index < -0.39 is 0 Å². The van der Waals surface area contributed by atoms with Crippen LogP contribution in [0.5, 0.6) is 0 Å². The van der Waals surface area contributed by atoms with Gasteiger partial charge in [-0.1, -0.05) is 52.7 Å². The van der Waals surface area contributed by atoms with Crippen molar-refractivity contribution in [1.29, 1.82) is 0 Å². The molecule has 0 aromatic rings. The monoisotopic (exact) mass is 362 g/mol. The van der Waals surface area contributed by atoms with Crippen LogP contribution in [-0.2, 0) is 4.79 Å². The standard InChI is InChI=1S/C12H22O.C12H20O/c2*1-3-4-11-5-7-12(8-6-11)10(2)9-13/h11-13H,2-9H2,1H3;9,11-12H,2-8H2,1H3. The van der Waals surface area contributed by atoms with Crippen molar-refractivity contribution in [1.82, 2.24) is 0 Å². The maximum absolute atomic E-state index is 10.5. The second kappa shape index (κ2) is 13.3. The van der Waals surface area contributed by atoms with E-state index in [-0.39, 0.29) is 6.61 Å². The predicted octanol–water partition coefficient (Wildman–Crippen LogP) is 6.49. The fourth-order valence-corrected chi connectivity index (χ4v) is 4.72. The van der Waals surface area contributed by atoms with E-state index in [1.807, 2.05) is 0 Å². The van der Waals surface area contributed by atoms with Gasteiger partial charge in [-0.15, -0.1) is 0 Å². The molecule has 0 aliphatic heterocycles. The van der Waals surface area contributed by atoms with Gasteiger partial charge in [0, 0.05) is 0 Å². The molecule has 2 rings (SSSR count). The Balaban J connectivity index is 0.000000260. The van der Waals surface area contributed by atoms with Gasteiger partial charge in [-0.3, -0.25) is 4.79 Å². The number of aldehydes is 1. The van der Waals surface area contributed by atoms with Gasteiger partial charge in [0.05, 0.1) is 6.61 Å². The molecule has 0 aromatic heterocycles. The maximum atomic E-state index is 10.5. The molecule has 0 radical (unpaired) electrons. The lowest BCUT2D eigenvalue weighted by Crippen LogP contribution is -2.17. The number of aliphatic hydroxyl groups excluding tert-OH is 1. The van der Waals surface area contributed by atoms with Crippen molar-refractivity contribution in [2.75, 3.05) is 6.61 Å². The minimum Gasteiger partial charge on any atom is -0.392 e. The van der Waals surface area contributed by atoms with Gasteiger partial charge in [-0.2, -0.15) is 0 Å². The molecule has 2 aliphatic carbocycles. The normalized spacial score (nSPS) is 28.6. The number of carbonyl (C=O) groups excluding carboxylic acids is 1. The number of aliphatic hydroxyl groups is 1. The summed E-state index contributed by atoms with van der Waals surface area (Å²) < 4.78 is 0. The Morgan fingerprint density at radius 3 is 1.62 bits per heavy atom. The first-order chi connectivity index (χ1) is 12.5. The van der Waals surface area contributed by atoms with Crippen LogP contribution in [0.15, 0.2) is 24.3 Å². The van der Waals surface area contributed by atoms with Crippen molar-refractivity contribution in [2.45, 2.75) is 90.9 Å². The van der Waals surface area contributed by atoms with Gasteiger partial charge in [0.1, 0.15) is 6.29 Å². The molecule has 2 aliphatic rings. The molecule has 0 amide bonds. The fraction of sp³-hybridized carbons (Fsp3) is 0.792. The summed E-state index contributed by atoms with van der Waals surface area (Å²) in [5.74, 6) is 2.97. The third-order valence-electron chi connectivity index (χ3n) is 6.54. The summed E-state index contributed by atoms with van der Waals surface area (Å²) in [6, 6.07) is 0. The molecule has 0 spiro atoms. The molecule has 0 aromatic carbocycles. The van der Waals surface area contributed by atoms with Gasteiger partial charge in [0.2, 0.25) is 0 Å². The van der Waals surface area contributed by atoms with Crippen LogP contribution in [0.2, 0.25) is 0 Å². The summed E-state index contributed by atoms with van der Waals surface area (Å²) in [5, 5.41) is 8.96. The molecule has 0 unspecified atom stereocenters. The molecule has 150 valence electrons. The summed E-state index contributed by atoms with van der Waals surface area (Å²) in [6.45, 7) is 12.4. The smallest absolute Gasteiger partial charge is 0.145 e. The van der Waals surface area contributed by atoms with Crippen LogP contribution >= 0.6 is 0 Å². The summed E-state index contributed by atoms with van der Waals surface area (Å²) >= 11 is 0. The fourth-order valence-electron chi connectivity index (χ4n) is 4.72. The zero-order chi connectivity index (χ0) is 19.4. The van der Waals surface area contributed by atoms with Crippen LogP contribution in [0.4, 0.5) is 0 Å². The Labute approximate surface area is 162 Å². The number of hydrogen-bond donors (Lipinski definition) is 1. The molecular weight excluding hydrogens is 320 g/mol. The van der Waals surface area contributed by atoms with E-state index in [1.54, 1.807) is 0 Å². The van der Waals surface area contributed by atoms with Gasteiger partial charge in [0.25, 0.3) is 0 Å². The van der Waals surface area contributed by atoms with E-state index >= 15 is 0 Å². The highest BCUT2D eigenvalue weighted by Crippen LogP contribution is 2.35. The van der Waals surface area contributed by atoms with Gasteiger partial charge in [-0.25, -0.2) is 0 Å². The molecule has 1 N–H and O–H groups in total. The quantitative estimate of drug-likeness (QED) is 0.304. The second-order valence-corrected chi connectivity index (χ2v) is 8.52. The molecule has 2 saturated carbocycles. The van der Waals surface area contributed by atoms with Gasteiger partial charge in [0.15, 0.2) is 0 Å². The lowest BCUT2D eigenvalue weighted by Gasteiger charge is -2.29. The maximum Gasteiger partial charge on any atom is 0.145 e. The zero-order valence-electron chi connectivity index (χ0n) is 17.3. The summed E-state index contributed by atoms with van der Waals surface area (Å²) in [5.41, 5.74) is 1.87. The SMILES string of the molecule is C=C(C=O)C1CCC(CCC)CC1.C=C(CO)C1CCC(CCC)CC1. The Morgan fingerprint density at radius 2 is 1.27 bits per heavy atom. The summed E-state index contributed by atoms with van der Waals surface area (Å²) in [7, 11) is 0. The third kappa shape index (κ3) is 8.20. The molecular formula is C24H42O2. The number of allylic oxidation sites excluding steroid dienone is 1. The third-order valence-corrected chi connectivity index (χ3v) is 6.54. The van der Waals surface area contributed by atoms with Crippen LogP contribution < -0.4 is 0 Å². The van der Waals surface area contributed by atoms with Gasteiger partial charge in [-0.05, 0) is 86.2 Å². The van der Waals surface area contributed by atoms with E-state index in [9.17, 15) is 4.79 Å². The molecule has 2 fully saturated rings. The van der Waals surface area contributed by atoms with Crippen LogP contribution in [0.1, 0.15) is 90.9 Å². The minimum atomic E-state index is 0.184. The van der Waals surface area contributed by atoms with E-state index in [0.717, 1.165) is 29.3 Å². The van der Waals surface area contributed by atoms with Crippen molar-refractivity contribution < 1.29 is 9.90 Å². The topological polar surface area (TPSA) is 37.3 Å². The highest BCUT2D eigenvalue weighted by Gasteiger charge is 2.22. The number of carbonyl (C=O) groups is 1. The first-order valence-corrected chi connectivity index (χ1v) is 11.0. The average Bonchev–Trinajstić information content (AvgIpc) is 2.69. The van der Waals surface area contributed by atoms with E-state index in [4.69, 9.17) is 5.11 Å². The van der Waals surface area contributed by atoms with Crippen LogP contribution in [-0.4, -0.2) is 18.0 Å². The predicted molar refractivity (Wildman–Crippen MR) is 112 cm³/mol. The Kier molecular flexibility index (Phi) is 11.8. The van der Waals surface area contributed by atoms with Gasteiger partial charge >= 0.3 is 0 Å². The molecule has 26 heavy (non-hydrogen) atoms. The highest BCUT2D eigenvalue weighted by molar-refractivity contribution is 5.72. The van der Waals surface area contributed by atoms with Crippen molar-refractivity contribution in [3.8, 4) is 0 Å². The minimum absolute atomic E-state index is 0.184. The lowest BCUT2D eigenvalue weighted by atomic mass is 9.77. The Hall–Kier alpha value is -0.890. The van der Waals surface area contributed by atoms with Crippen LogP contribution in [0, 0.1) is 23.7 Å². The average molecular weight is 363 g/mol. The van der Waals surface area contributed by atoms with E-state index in [2.05, 4.69) is 27.0 Å². The summed E-state index contributed by atoms with van der Waals surface area (Å²) in [6.07, 6.45) is 16.5. The molecule has 2 nitrogen and oxygen atoms in total. The highest BCUT2D eigenvalue weighted by atomic mass is 16.3. The van der Waals surface area contributed by atoms with Crippen LogP contribution in [0.3, 0.4) is 0 Å². The molecule has 2 heteroatoms. The zero-order valence-corrected chi connectivity index (χ0v) is 17.3. The van der Waals surface area contributed by atoms with Crippen LogP contribution in [0.25, 0.3) is 0 Å². The van der Waals surface area contributed by atoms with Crippen molar-refractivity contribution in [3.63, 3.8) is 0 Å². The first kappa shape index (κ1) is 23.1. The molecule has 0 heterocycles. The number of hydrogen-bond acceptors (Lipinski definition) is 2. The Morgan fingerprint density at radius 1 is 0.846 bits per heavy atom. The summed E-state index contributed by atoms with van der Waals surface area (Å²) in [4.78, 5) is 10.5. The second-order valence-electron chi connectivity index (χ2n) is 8.52. The first-order valence-electron chi connectivity index (χ1n) is 11.0. The number of rotatable bonds is 8. The largest absolute Gasteiger partial charge is 0.392 e. The van der Waals surface area contributed by atoms with Gasteiger partial charge < -0.3 is 5.11 Å². The molecule has 0 saturated heterocycles. The molecule has 0 atom stereocenters. The Bertz CT molecular complexity index is 410. The van der Waals surface area contributed by atoms with Crippen molar-refractivity contribution >= 4 is 6.29 Å². The van der Waals surface area contributed by atoms with Crippen molar-refractivity contribution in [2.24, 2.45) is 23.7 Å². The van der Waals surface area contributed by atoms with E-state index in [0.29, 0.717) is 11.8 Å². The molecule has 0 bridgehead atoms. The van der Waals surface area contributed by atoms with E-state index in [1.165, 1.54) is 77.0 Å².